The van der Waals surface area contributed by atoms with Crippen molar-refractivity contribution in [2.24, 2.45) is 0 Å². The van der Waals surface area contributed by atoms with E-state index < -0.39 is 0 Å². The van der Waals surface area contributed by atoms with Crippen LogP contribution < -0.4 is 4.90 Å². The van der Waals surface area contributed by atoms with Gasteiger partial charge in [-0.15, -0.1) is 0 Å². The zero-order valence-electron chi connectivity index (χ0n) is 10.2. The third-order valence-corrected chi connectivity index (χ3v) is 2.79. The number of likely N-dealkylation sites (N-methyl/N-ethyl adjacent to an activating group) is 1. The Labute approximate surface area is 95.9 Å². The third-order valence-electron chi connectivity index (χ3n) is 2.79. The molecule has 0 bridgehead atoms. The molecular formula is C12H18N2O2. The van der Waals surface area contributed by atoms with Crippen molar-refractivity contribution in [2.75, 3.05) is 18.6 Å². The second kappa shape index (κ2) is 4.61. The molecule has 1 N–H and O–H groups in total. The fraction of sp³-hybridized carbons (Fsp3) is 0.500. The van der Waals surface area contributed by atoms with E-state index in [0.717, 1.165) is 5.82 Å². The number of hydrogen-bond donors (Lipinski definition) is 1. The van der Waals surface area contributed by atoms with E-state index in [0.29, 0.717) is 5.56 Å². The van der Waals surface area contributed by atoms with Crippen molar-refractivity contribution in [2.45, 2.75) is 26.3 Å². The Morgan fingerprint density at radius 3 is 2.50 bits per heavy atom. The summed E-state index contributed by atoms with van der Waals surface area (Å²) in [6, 6.07) is 3.53. The van der Waals surface area contributed by atoms with Gasteiger partial charge in [-0.25, -0.2) is 4.98 Å². The molecule has 0 atom stereocenters. The molecule has 0 amide bonds. The predicted molar refractivity (Wildman–Crippen MR) is 63.8 cm³/mol. The number of hydrogen-bond acceptors (Lipinski definition) is 4. The quantitative estimate of drug-likeness (QED) is 0.784. The van der Waals surface area contributed by atoms with E-state index in [1.807, 2.05) is 25.8 Å². The van der Waals surface area contributed by atoms with Crippen LogP contribution in [-0.4, -0.2) is 35.1 Å². The van der Waals surface area contributed by atoms with Crippen molar-refractivity contribution in [3.05, 3.63) is 23.9 Å². The zero-order chi connectivity index (χ0) is 12.3. The van der Waals surface area contributed by atoms with Gasteiger partial charge in [0.15, 0.2) is 5.78 Å². The summed E-state index contributed by atoms with van der Waals surface area (Å²) in [4.78, 5) is 17.2. The molecule has 0 spiro atoms. The molecule has 0 unspecified atom stereocenters. The second-order valence-electron chi connectivity index (χ2n) is 4.49. The summed E-state index contributed by atoms with van der Waals surface area (Å²) in [6.07, 6.45) is 1.56. The van der Waals surface area contributed by atoms with Crippen molar-refractivity contribution in [3.8, 4) is 0 Å². The Morgan fingerprint density at radius 2 is 2.12 bits per heavy atom. The van der Waals surface area contributed by atoms with Crippen LogP contribution in [-0.2, 0) is 0 Å². The molecule has 0 saturated carbocycles. The summed E-state index contributed by atoms with van der Waals surface area (Å²) in [5, 5.41) is 9.25. The van der Waals surface area contributed by atoms with E-state index in [1.54, 1.807) is 18.3 Å². The van der Waals surface area contributed by atoms with Crippen molar-refractivity contribution in [3.63, 3.8) is 0 Å². The lowest BCUT2D eigenvalue weighted by Gasteiger charge is -2.34. The fourth-order valence-corrected chi connectivity index (χ4v) is 1.21. The maximum absolute atomic E-state index is 11.1. The Bertz CT molecular complexity index is 371. The van der Waals surface area contributed by atoms with E-state index in [1.165, 1.54) is 6.92 Å². The molecule has 0 fully saturated rings. The van der Waals surface area contributed by atoms with Crippen molar-refractivity contribution >= 4 is 11.6 Å². The van der Waals surface area contributed by atoms with Gasteiger partial charge in [-0.2, -0.15) is 0 Å². The number of rotatable bonds is 4. The summed E-state index contributed by atoms with van der Waals surface area (Å²) < 4.78 is 0. The third kappa shape index (κ3) is 2.58. The number of ketones is 1. The van der Waals surface area contributed by atoms with Crippen LogP contribution in [0.15, 0.2) is 18.3 Å². The maximum atomic E-state index is 11.1. The normalized spacial score (nSPS) is 11.3. The molecule has 88 valence electrons. The minimum atomic E-state index is -0.370. The number of pyridine rings is 1. The van der Waals surface area contributed by atoms with Gasteiger partial charge in [0.05, 0.1) is 12.1 Å². The SMILES string of the molecule is CC(=O)c1ccc(N(C)C(C)(C)CO)nc1. The summed E-state index contributed by atoms with van der Waals surface area (Å²) >= 11 is 0. The molecule has 1 aromatic rings. The topological polar surface area (TPSA) is 53.4 Å². The lowest BCUT2D eigenvalue weighted by Crippen LogP contribution is -2.44. The van der Waals surface area contributed by atoms with Crippen LogP contribution in [0.3, 0.4) is 0 Å². The monoisotopic (exact) mass is 222 g/mol. The van der Waals surface area contributed by atoms with Gasteiger partial charge in [-0.1, -0.05) is 0 Å². The average Bonchev–Trinajstić information content (AvgIpc) is 2.28. The van der Waals surface area contributed by atoms with Crippen molar-refractivity contribution in [1.29, 1.82) is 0 Å². The first-order chi connectivity index (χ1) is 7.38. The van der Waals surface area contributed by atoms with Gasteiger partial charge in [0, 0.05) is 18.8 Å². The Kier molecular flexibility index (Phi) is 3.65. The van der Waals surface area contributed by atoms with Crippen LogP contribution in [0.4, 0.5) is 5.82 Å². The van der Waals surface area contributed by atoms with Crippen LogP contribution in [0, 0.1) is 0 Å². The number of carbonyl (C=O) groups excluding carboxylic acids is 1. The van der Waals surface area contributed by atoms with E-state index in [2.05, 4.69) is 4.98 Å². The largest absolute Gasteiger partial charge is 0.394 e. The zero-order valence-corrected chi connectivity index (χ0v) is 10.2. The molecule has 0 aliphatic carbocycles. The van der Waals surface area contributed by atoms with Gasteiger partial charge in [0.25, 0.3) is 0 Å². The first-order valence-electron chi connectivity index (χ1n) is 5.20. The molecule has 4 heteroatoms. The van der Waals surface area contributed by atoms with E-state index in [4.69, 9.17) is 0 Å². The summed E-state index contributed by atoms with van der Waals surface area (Å²) in [5.41, 5.74) is 0.226. The first-order valence-corrected chi connectivity index (χ1v) is 5.20. The molecule has 0 aliphatic heterocycles. The van der Waals surface area contributed by atoms with Crippen LogP contribution in [0.25, 0.3) is 0 Å². The molecule has 1 rings (SSSR count). The van der Waals surface area contributed by atoms with E-state index in [-0.39, 0.29) is 17.9 Å². The first kappa shape index (κ1) is 12.6. The smallest absolute Gasteiger partial charge is 0.161 e. The second-order valence-corrected chi connectivity index (χ2v) is 4.49. The average molecular weight is 222 g/mol. The maximum Gasteiger partial charge on any atom is 0.161 e. The number of Topliss-reactive ketones (excluding diaryl/α,β-unsaturated/α-hetero) is 1. The lowest BCUT2D eigenvalue weighted by atomic mass is 10.1. The molecule has 4 nitrogen and oxygen atoms in total. The molecule has 0 aliphatic rings. The summed E-state index contributed by atoms with van der Waals surface area (Å²) in [7, 11) is 1.87. The van der Waals surface area contributed by atoms with E-state index in [9.17, 15) is 9.90 Å². The van der Waals surface area contributed by atoms with Gasteiger partial charge >= 0.3 is 0 Å². The summed E-state index contributed by atoms with van der Waals surface area (Å²) in [5.74, 6) is 0.743. The molecule has 1 heterocycles. The Morgan fingerprint density at radius 1 is 1.50 bits per heavy atom. The fourth-order valence-electron chi connectivity index (χ4n) is 1.21. The van der Waals surface area contributed by atoms with Crippen LogP contribution in [0.1, 0.15) is 31.1 Å². The number of nitrogens with zero attached hydrogens (tertiary/aromatic N) is 2. The lowest BCUT2D eigenvalue weighted by molar-refractivity contribution is 0.101. The van der Waals surface area contributed by atoms with Gasteiger partial charge in [-0.3, -0.25) is 4.79 Å². The van der Waals surface area contributed by atoms with Gasteiger partial charge < -0.3 is 10.0 Å². The molecule has 0 aromatic carbocycles. The van der Waals surface area contributed by atoms with Gasteiger partial charge in [0.2, 0.25) is 0 Å². The van der Waals surface area contributed by atoms with Gasteiger partial charge in [-0.05, 0) is 32.9 Å². The molecule has 0 saturated heterocycles. The summed E-state index contributed by atoms with van der Waals surface area (Å²) in [6.45, 7) is 5.40. The molecule has 16 heavy (non-hydrogen) atoms. The Hall–Kier alpha value is -1.42. The highest BCUT2D eigenvalue weighted by Crippen LogP contribution is 2.19. The number of aromatic nitrogens is 1. The molecular weight excluding hydrogens is 204 g/mol. The van der Waals surface area contributed by atoms with E-state index >= 15 is 0 Å². The predicted octanol–water partition coefficient (Wildman–Crippen LogP) is 1.49. The number of aliphatic hydroxyl groups excluding tert-OH is 1. The standard InChI is InChI=1S/C12H18N2O2/c1-9(16)10-5-6-11(13-7-10)14(4)12(2,3)8-15/h5-7,15H,8H2,1-4H3. The van der Waals surface area contributed by atoms with Crippen LogP contribution in [0.5, 0.6) is 0 Å². The minimum Gasteiger partial charge on any atom is -0.394 e. The minimum absolute atomic E-state index is 0.00289. The van der Waals surface area contributed by atoms with Crippen LogP contribution >= 0.6 is 0 Å². The molecule has 1 aromatic heterocycles. The highest BCUT2D eigenvalue weighted by atomic mass is 16.3. The highest BCUT2D eigenvalue weighted by Gasteiger charge is 2.23. The molecule has 0 radical (unpaired) electrons. The van der Waals surface area contributed by atoms with Crippen molar-refractivity contribution in [1.82, 2.24) is 4.98 Å². The number of aliphatic hydroxyl groups is 1. The number of anilines is 1. The van der Waals surface area contributed by atoms with Gasteiger partial charge in [0.1, 0.15) is 5.82 Å². The van der Waals surface area contributed by atoms with Crippen molar-refractivity contribution < 1.29 is 9.90 Å². The number of carbonyl (C=O) groups is 1. The van der Waals surface area contributed by atoms with Crippen LogP contribution in [0.2, 0.25) is 0 Å². The Balaban J connectivity index is 2.94. The highest BCUT2D eigenvalue weighted by molar-refractivity contribution is 5.93.